The van der Waals surface area contributed by atoms with Gasteiger partial charge in [-0.3, -0.25) is 9.59 Å². The molecule has 2 aliphatic carbocycles. The lowest BCUT2D eigenvalue weighted by atomic mass is 9.80. The Morgan fingerprint density at radius 1 is 0.947 bits per heavy atom. The second-order valence-electron chi connectivity index (χ2n) is 5.62. The Kier molecular flexibility index (Phi) is 3.33. The maximum atomic E-state index is 12.4. The van der Waals surface area contributed by atoms with Gasteiger partial charge in [-0.15, -0.1) is 0 Å². The molecule has 3 rings (SSSR count). The Hall–Kier alpha value is -1.70. The quantitative estimate of drug-likeness (QED) is 0.800. The maximum Gasteiger partial charge on any atom is 0.189 e. The molecule has 1 aromatic rings. The normalized spacial score (nSPS) is 20.1. The number of fused-ring (bicyclic) bond motifs is 1. The van der Waals surface area contributed by atoms with Crippen LogP contribution in [-0.2, 0) is 0 Å². The molecule has 98 valence electrons. The number of carbonyl (C=O) groups is 2. The third kappa shape index (κ3) is 2.40. The summed E-state index contributed by atoms with van der Waals surface area (Å²) < 4.78 is 0. The summed E-state index contributed by atoms with van der Waals surface area (Å²) >= 11 is 0. The van der Waals surface area contributed by atoms with Gasteiger partial charge >= 0.3 is 0 Å². The van der Waals surface area contributed by atoms with Gasteiger partial charge in [0, 0.05) is 16.7 Å². The van der Waals surface area contributed by atoms with Crippen molar-refractivity contribution in [3.8, 4) is 0 Å². The first-order chi connectivity index (χ1) is 9.25. The minimum atomic E-state index is -0.0130. The van der Waals surface area contributed by atoms with Crippen LogP contribution in [0.4, 0.5) is 0 Å². The van der Waals surface area contributed by atoms with Crippen molar-refractivity contribution >= 4 is 11.6 Å². The summed E-state index contributed by atoms with van der Waals surface area (Å²) in [5, 5.41) is 0. The third-order valence-electron chi connectivity index (χ3n) is 4.27. The monoisotopic (exact) mass is 254 g/mol. The van der Waals surface area contributed by atoms with Crippen LogP contribution in [0.2, 0.25) is 0 Å². The average molecular weight is 254 g/mol. The van der Waals surface area contributed by atoms with Crippen molar-refractivity contribution in [2.75, 3.05) is 0 Å². The van der Waals surface area contributed by atoms with E-state index in [-0.39, 0.29) is 11.6 Å². The minimum Gasteiger partial charge on any atom is -0.289 e. The highest BCUT2D eigenvalue weighted by molar-refractivity contribution is 6.24. The molecule has 1 aromatic carbocycles. The summed E-state index contributed by atoms with van der Waals surface area (Å²) in [6, 6.07) is 7.14. The van der Waals surface area contributed by atoms with E-state index in [0.29, 0.717) is 17.0 Å². The molecule has 0 amide bonds. The highest BCUT2D eigenvalue weighted by Gasteiger charge is 2.27. The van der Waals surface area contributed by atoms with Crippen LogP contribution < -0.4 is 0 Å². The van der Waals surface area contributed by atoms with Crippen molar-refractivity contribution in [3.05, 3.63) is 47.0 Å². The Morgan fingerprint density at radius 3 is 2.37 bits per heavy atom. The topological polar surface area (TPSA) is 34.1 Å². The van der Waals surface area contributed by atoms with Crippen LogP contribution in [0.15, 0.2) is 35.9 Å². The van der Waals surface area contributed by atoms with Crippen molar-refractivity contribution in [3.63, 3.8) is 0 Å². The molecule has 0 aromatic heterocycles. The first-order valence-corrected chi connectivity index (χ1v) is 7.14. The Bertz CT molecular complexity index is 548. The van der Waals surface area contributed by atoms with Gasteiger partial charge in [0.15, 0.2) is 11.6 Å². The first kappa shape index (κ1) is 12.3. The zero-order valence-electron chi connectivity index (χ0n) is 11.0. The predicted molar refractivity (Wildman–Crippen MR) is 74.4 cm³/mol. The van der Waals surface area contributed by atoms with Gasteiger partial charge in [0.2, 0.25) is 0 Å². The van der Waals surface area contributed by atoms with Crippen LogP contribution in [0.5, 0.6) is 0 Å². The largest absolute Gasteiger partial charge is 0.289 e. The van der Waals surface area contributed by atoms with Gasteiger partial charge in [-0.1, -0.05) is 56.4 Å². The number of hydrogen-bond donors (Lipinski definition) is 0. The van der Waals surface area contributed by atoms with Crippen molar-refractivity contribution in [2.24, 2.45) is 5.92 Å². The van der Waals surface area contributed by atoms with E-state index in [1.807, 2.05) is 12.1 Å². The number of rotatable bonds is 2. The number of benzene rings is 1. The predicted octanol–water partition coefficient (Wildman–Crippen LogP) is 3.96. The fourth-order valence-corrected chi connectivity index (χ4v) is 3.22. The molecule has 19 heavy (non-hydrogen) atoms. The molecule has 0 bridgehead atoms. The van der Waals surface area contributed by atoms with Crippen molar-refractivity contribution in [2.45, 2.75) is 38.5 Å². The highest BCUT2D eigenvalue weighted by atomic mass is 16.1. The molecule has 0 heterocycles. The fraction of sp³-hybridized carbons (Fsp3) is 0.412. The van der Waals surface area contributed by atoms with Gasteiger partial charge in [0.25, 0.3) is 0 Å². The number of ketones is 2. The number of hydrogen-bond acceptors (Lipinski definition) is 2. The van der Waals surface area contributed by atoms with E-state index in [4.69, 9.17) is 0 Å². The fourth-order valence-electron chi connectivity index (χ4n) is 3.22. The molecule has 1 fully saturated rings. The maximum absolute atomic E-state index is 12.4. The molecule has 0 saturated heterocycles. The number of carbonyl (C=O) groups excluding carboxylic acids is 2. The molecular weight excluding hydrogens is 236 g/mol. The zero-order valence-corrected chi connectivity index (χ0v) is 11.0. The van der Waals surface area contributed by atoms with E-state index in [1.165, 1.54) is 32.1 Å². The van der Waals surface area contributed by atoms with Gasteiger partial charge in [0.05, 0.1) is 0 Å². The average Bonchev–Trinajstić information content (AvgIpc) is 2.46. The molecule has 0 atom stereocenters. The van der Waals surface area contributed by atoms with E-state index < -0.39 is 0 Å². The minimum absolute atomic E-state index is 0.0130. The van der Waals surface area contributed by atoms with Crippen LogP contribution >= 0.6 is 0 Å². The van der Waals surface area contributed by atoms with Gasteiger partial charge in [-0.25, -0.2) is 0 Å². The van der Waals surface area contributed by atoms with Crippen molar-refractivity contribution in [1.82, 2.24) is 0 Å². The summed E-state index contributed by atoms with van der Waals surface area (Å²) in [5.41, 5.74) is 1.86. The number of Topliss-reactive ketones (excluding diaryl/α,β-unsaturated/α-hetero) is 1. The zero-order chi connectivity index (χ0) is 13.2. The van der Waals surface area contributed by atoms with Gasteiger partial charge < -0.3 is 0 Å². The SMILES string of the molecule is O=C1C=C(CC2CCCCC2)C(=O)c2ccccc21. The summed E-state index contributed by atoms with van der Waals surface area (Å²) in [4.78, 5) is 24.5. The lowest BCUT2D eigenvalue weighted by Gasteiger charge is -2.23. The van der Waals surface area contributed by atoms with Crippen molar-refractivity contribution in [1.29, 1.82) is 0 Å². The second kappa shape index (κ2) is 5.12. The first-order valence-electron chi connectivity index (χ1n) is 7.14. The summed E-state index contributed by atoms with van der Waals surface area (Å²) in [6.45, 7) is 0. The molecule has 0 spiro atoms. The van der Waals surface area contributed by atoms with Crippen LogP contribution in [-0.4, -0.2) is 11.6 Å². The smallest absolute Gasteiger partial charge is 0.189 e. The molecule has 0 radical (unpaired) electrons. The Balaban J connectivity index is 1.84. The lowest BCUT2D eigenvalue weighted by Crippen LogP contribution is -2.19. The van der Waals surface area contributed by atoms with E-state index >= 15 is 0 Å². The summed E-state index contributed by atoms with van der Waals surface area (Å²) in [6.07, 6.45) is 8.57. The van der Waals surface area contributed by atoms with Crippen LogP contribution in [0.1, 0.15) is 59.2 Å². The van der Waals surface area contributed by atoms with E-state index in [9.17, 15) is 9.59 Å². The van der Waals surface area contributed by atoms with Crippen LogP contribution in [0, 0.1) is 5.92 Å². The number of allylic oxidation sites excluding steroid dienone is 2. The Morgan fingerprint density at radius 2 is 1.63 bits per heavy atom. The third-order valence-corrected chi connectivity index (χ3v) is 4.27. The summed E-state index contributed by atoms with van der Waals surface area (Å²) in [7, 11) is 0. The molecule has 2 nitrogen and oxygen atoms in total. The van der Waals surface area contributed by atoms with E-state index in [0.717, 1.165) is 12.0 Å². The molecule has 0 aliphatic heterocycles. The van der Waals surface area contributed by atoms with Gasteiger partial charge in [0.1, 0.15) is 0 Å². The van der Waals surface area contributed by atoms with Gasteiger partial charge in [-0.2, -0.15) is 0 Å². The van der Waals surface area contributed by atoms with Crippen LogP contribution in [0.25, 0.3) is 0 Å². The van der Waals surface area contributed by atoms with Crippen molar-refractivity contribution < 1.29 is 9.59 Å². The molecule has 0 N–H and O–H groups in total. The standard InChI is InChI=1S/C17H18O2/c18-16-11-13(10-12-6-2-1-3-7-12)17(19)15-9-5-4-8-14(15)16/h4-5,8-9,11-12H,1-3,6-7,10H2. The van der Waals surface area contributed by atoms with Gasteiger partial charge in [-0.05, 0) is 18.4 Å². The van der Waals surface area contributed by atoms with E-state index in [1.54, 1.807) is 18.2 Å². The van der Waals surface area contributed by atoms with Crippen LogP contribution in [0.3, 0.4) is 0 Å². The highest BCUT2D eigenvalue weighted by Crippen LogP contribution is 2.32. The summed E-state index contributed by atoms with van der Waals surface area (Å²) in [5.74, 6) is 0.629. The second-order valence-corrected chi connectivity index (χ2v) is 5.62. The molecular formula is C17H18O2. The lowest BCUT2D eigenvalue weighted by molar-refractivity contribution is 0.0978. The molecule has 0 unspecified atom stereocenters. The van der Waals surface area contributed by atoms with E-state index in [2.05, 4.69) is 0 Å². The molecule has 2 aliphatic rings. The Labute approximate surface area is 113 Å². The molecule has 2 heteroatoms. The molecule has 1 saturated carbocycles.